The van der Waals surface area contributed by atoms with Crippen LogP contribution < -0.4 is 14.8 Å². The van der Waals surface area contributed by atoms with Crippen LogP contribution in [0.2, 0.25) is 0 Å². The van der Waals surface area contributed by atoms with Gasteiger partial charge >= 0.3 is 0 Å². The van der Waals surface area contributed by atoms with Crippen LogP contribution in [0, 0.1) is 13.8 Å². The first-order valence-corrected chi connectivity index (χ1v) is 9.26. The summed E-state index contributed by atoms with van der Waals surface area (Å²) in [7, 11) is 1.61. The van der Waals surface area contributed by atoms with Crippen molar-refractivity contribution in [3.63, 3.8) is 0 Å². The molecule has 0 saturated heterocycles. The lowest BCUT2D eigenvalue weighted by molar-refractivity contribution is 0.0950. The summed E-state index contributed by atoms with van der Waals surface area (Å²) in [6.45, 7) is 4.86. The Labute approximate surface area is 166 Å². The number of para-hydroxylation sites is 1. The van der Waals surface area contributed by atoms with E-state index in [1.807, 2.05) is 68.4 Å². The first-order valence-electron chi connectivity index (χ1n) is 9.26. The summed E-state index contributed by atoms with van der Waals surface area (Å²) >= 11 is 0. The molecule has 0 aromatic heterocycles. The number of aryl methyl sites for hydroxylation is 2. The second kappa shape index (κ2) is 9.09. The van der Waals surface area contributed by atoms with Gasteiger partial charge in [-0.05, 0) is 49.2 Å². The van der Waals surface area contributed by atoms with Crippen molar-refractivity contribution in [1.82, 2.24) is 5.32 Å². The van der Waals surface area contributed by atoms with Gasteiger partial charge in [-0.1, -0.05) is 48.0 Å². The molecule has 0 aliphatic heterocycles. The minimum absolute atomic E-state index is 0.125. The Morgan fingerprint density at radius 2 is 1.68 bits per heavy atom. The molecular formula is C24H25NO3. The molecule has 0 spiro atoms. The summed E-state index contributed by atoms with van der Waals surface area (Å²) in [6, 6.07) is 21.3. The topological polar surface area (TPSA) is 47.6 Å². The number of carbonyl (C=O) groups is 1. The van der Waals surface area contributed by atoms with Crippen molar-refractivity contribution in [3.8, 4) is 11.5 Å². The average molecular weight is 375 g/mol. The Bertz CT molecular complexity index is 948. The van der Waals surface area contributed by atoms with Gasteiger partial charge in [0.1, 0.15) is 18.1 Å². The molecule has 0 bridgehead atoms. The fourth-order valence-electron chi connectivity index (χ4n) is 2.90. The highest BCUT2D eigenvalue weighted by atomic mass is 16.5. The van der Waals surface area contributed by atoms with E-state index in [4.69, 9.17) is 9.47 Å². The van der Waals surface area contributed by atoms with E-state index in [0.29, 0.717) is 24.5 Å². The molecule has 0 atom stereocenters. The van der Waals surface area contributed by atoms with Crippen LogP contribution in [0.5, 0.6) is 11.5 Å². The zero-order chi connectivity index (χ0) is 19.9. The highest BCUT2D eigenvalue weighted by Crippen LogP contribution is 2.24. The predicted molar refractivity (Wildman–Crippen MR) is 111 cm³/mol. The van der Waals surface area contributed by atoms with Crippen molar-refractivity contribution in [2.24, 2.45) is 0 Å². The first-order chi connectivity index (χ1) is 13.6. The van der Waals surface area contributed by atoms with Crippen LogP contribution in [-0.4, -0.2) is 13.0 Å². The van der Waals surface area contributed by atoms with E-state index < -0.39 is 0 Å². The Morgan fingerprint density at radius 3 is 2.39 bits per heavy atom. The maximum atomic E-state index is 12.6. The monoisotopic (exact) mass is 375 g/mol. The van der Waals surface area contributed by atoms with Gasteiger partial charge in [-0.15, -0.1) is 0 Å². The van der Waals surface area contributed by atoms with E-state index in [0.717, 1.165) is 22.4 Å². The molecule has 4 nitrogen and oxygen atoms in total. The maximum absolute atomic E-state index is 12.6. The number of hydrogen-bond donors (Lipinski definition) is 1. The van der Waals surface area contributed by atoms with Gasteiger partial charge < -0.3 is 14.8 Å². The van der Waals surface area contributed by atoms with E-state index in [1.54, 1.807) is 19.2 Å². The average Bonchev–Trinajstić information content (AvgIpc) is 2.72. The van der Waals surface area contributed by atoms with Gasteiger partial charge in [-0.25, -0.2) is 0 Å². The Balaban J connectivity index is 1.69. The highest BCUT2D eigenvalue weighted by Gasteiger charge is 2.11. The molecule has 3 rings (SSSR count). The van der Waals surface area contributed by atoms with Crippen LogP contribution in [0.15, 0.2) is 66.7 Å². The normalized spacial score (nSPS) is 10.4. The van der Waals surface area contributed by atoms with Crippen LogP contribution in [0.4, 0.5) is 0 Å². The molecule has 144 valence electrons. The predicted octanol–water partition coefficient (Wildman–Crippen LogP) is 4.82. The standard InChI is InChI=1S/C24H25NO3/c1-17-8-10-19(11-9-17)15-25-24(26)20-12-13-23(27-3)21(14-20)16-28-22-7-5-4-6-18(22)2/h4-14H,15-16H2,1-3H3,(H,25,26). The molecule has 3 aromatic rings. The lowest BCUT2D eigenvalue weighted by atomic mass is 10.1. The van der Waals surface area contributed by atoms with Crippen molar-refractivity contribution < 1.29 is 14.3 Å². The van der Waals surface area contributed by atoms with Gasteiger partial charge in [0.2, 0.25) is 0 Å². The highest BCUT2D eigenvalue weighted by molar-refractivity contribution is 5.94. The largest absolute Gasteiger partial charge is 0.496 e. The quantitative estimate of drug-likeness (QED) is 0.644. The minimum Gasteiger partial charge on any atom is -0.496 e. The molecule has 1 N–H and O–H groups in total. The lowest BCUT2D eigenvalue weighted by Crippen LogP contribution is -2.23. The van der Waals surface area contributed by atoms with E-state index in [9.17, 15) is 4.79 Å². The molecule has 0 unspecified atom stereocenters. The zero-order valence-electron chi connectivity index (χ0n) is 16.5. The summed E-state index contributed by atoms with van der Waals surface area (Å²) in [4.78, 5) is 12.6. The zero-order valence-corrected chi connectivity index (χ0v) is 16.5. The van der Waals surface area contributed by atoms with Crippen LogP contribution in [0.3, 0.4) is 0 Å². The van der Waals surface area contributed by atoms with Crippen LogP contribution in [0.25, 0.3) is 0 Å². The Hall–Kier alpha value is -3.27. The van der Waals surface area contributed by atoms with E-state index in [2.05, 4.69) is 5.32 Å². The van der Waals surface area contributed by atoms with Crippen molar-refractivity contribution in [3.05, 3.63) is 94.5 Å². The first kappa shape index (κ1) is 19.5. The van der Waals surface area contributed by atoms with Gasteiger partial charge in [0.25, 0.3) is 5.91 Å². The number of hydrogen-bond acceptors (Lipinski definition) is 3. The van der Waals surface area contributed by atoms with Gasteiger partial charge in [-0.2, -0.15) is 0 Å². The molecule has 0 fully saturated rings. The molecule has 0 saturated carbocycles. The number of methoxy groups -OCH3 is 1. The molecule has 28 heavy (non-hydrogen) atoms. The third kappa shape index (κ3) is 4.92. The fourth-order valence-corrected chi connectivity index (χ4v) is 2.90. The number of carbonyl (C=O) groups excluding carboxylic acids is 1. The Kier molecular flexibility index (Phi) is 6.33. The lowest BCUT2D eigenvalue weighted by Gasteiger charge is -2.13. The third-order valence-corrected chi connectivity index (χ3v) is 4.59. The van der Waals surface area contributed by atoms with Gasteiger partial charge in [-0.3, -0.25) is 4.79 Å². The van der Waals surface area contributed by atoms with Gasteiger partial charge in [0.15, 0.2) is 0 Å². The number of nitrogens with one attached hydrogen (secondary N) is 1. The van der Waals surface area contributed by atoms with Crippen LogP contribution in [-0.2, 0) is 13.2 Å². The maximum Gasteiger partial charge on any atom is 0.251 e. The van der Waals surface area contributed by atoms with Crippen LogP contribution in [0.1, 0.15) is 32.6 Å². The summed E-state index contributed by atoms with van der Waals surface area (Å²) < 4.78 is 11.4. The van der Waals surface area contributed by atoms with Gasteiger partial charge in [0, 0.05) is 17.7 Å². The second-order valence-corrected chi connectivity index (χ2v) is 6.75. The number of ether oxygens (including phenoxy) is 2. The van der Waals surface area contributed by atoms with Crippen molar-refractivity contribution >= 4 is 5.91 Å². The third-order valence-electron chi connectivity index (χ3n) is 4.59. The molecule has 0 heterocycles. The summed E-state index contributed by atoms with van der Waals surface area (Å²) in [5.74, 6) is 1.39. The number of rotatable bonds is 7. The smallest absolute Gasteiger partial charge is 0.251 e. The van der Waals surface area contributed by atoms with Crippen molar-refractivity contribution in [2.75, 3.05) is 7.11 Å². The molecular weight excluding hydrogens is 350 g/mol. The van der Waals surface area contributed by atoms with Crippen molar-refractivity contribution in [2.45, 2.75) is 27.0 Å². The van der Waals surface area contributed by atoms with Crippen LogP contribution >= 0.6 is 0 Å². The van der Waals surface area contributed by atoms with E-state index in [-0.39, 0.29) is 5.91 Å². The SMILES string of the molecule is COc1ccc(C(=O)NCc2ccc(C)cc2)cc1COc1ccccc1C. The Morgan fingerprint density at radius 1 is 0.929 bits per heavy atom. The molecule has 4 heteroatoms. The molecule has 0 aliphatic rings. The van der Waals surface area contributed by atoms with E-state index in [1.165, 1.54) is 5.56 Å². The molecule has 0 aliphatic carbocycles. The number of amides is 1. The summed E-state index contributed by atoms with van der Waals surface area (Å²) in [5, 5.41) is 2.96. The van der Waals surface area contributed by atoms with Gasteiger partial charge in [0.05, 0.1) is 7.11 Å². The second-order valence-electron chi connectivity index (χ2n) is 6.75. The molecule has 0 radical (unpaired) electrons. The minimum atomic E-state index is -0.125. The fraction of sp³-hybridized carbons (Fsp3) is 0.208. The molecule has 1 amide bonds. The summed E-state index contributed by atoms with van der Waals surface area (Å²) in [6.07, 6.45) is 0. The number of benzene rings is 3. The molecule has 3 aromatic carbocycles. The van der Waals surface area contributed by atoms with E-state index >= 15 is 0 Å². The van der Waals surface area contributed by atoms with Crippen molar-refractivity contribution in [1.29, 1.82) is 0 Å². The summed E-state index contributed by atoms with van der Waals surface area (Å²) in [5.41, 5.74) is 4.73.